The second kappa shape index (κ2) is 7.54. The third kappa shape index (κ3) is 5.04. The molecule has 0 aromatic carbocycles. The second-order valence-electron chi connectivity index (χ2n) is 3.06. The van der Waals surface area contributed by atoms with E-state index in [2.05, 4.69) is 17.2 Å². The molecule has 3 nitrogen and oxygen atoms in total. The SMILES string of the molecule is CCSCCOc1ccc(CNC)nc1. The molecule has 0 aliphatic rings. The van der Waals surface area contributed by atoms with Crippen molar-refractivity contribution in [3.8, 4) is 5.75 Å². The average Bonchev–Trinajstić information content (AvgIpc) is 2.27. The molecule has 1 heterocycles. The minimum Gasteiger partial charge on any atom is -0.491 e. The zero-order valence-corrected chi connectivity index (χ0v) is 10.1. The number of nitrogens with zero attached hydrogens (tertiary/aromatic N) is 1. The number of nitrogens with one attached hydrogen (secondary N) is 1. The van der Waals surface area contributed by atoms with Crippen LogP contribution < -0.4 is 10.1 Å². The topological polar surface area (TPSA) is 34.1 Å². The molecule has 0 radical (unpaired) electrons. The largest absolute Gasteiger partial charge is 0.491 e. The molecule has 4 heteroatoms. The first-order valence-electron chi connectivity index (χ1n) is 5.17. The molecule has 1 rings (SSSR count). The lowest BCUT2D eigenvalue weighted by Crippen LogP contribution is -2.07. The highest BCUT2D eigenvalue weighted by Crippen LogP contribution is 2.09. The molecule has 1 aromatic rings. The van der Waals surface area contributed by atoms with Crippen LogP contribution in [0.5, 0.6) is 5.75 Å². The van der Waals surface area contributed by atoms with Crippen LogP contribution in [-0.4, -0.2) is 30.1 Å². The minimum absolute atomic E-state index is 0.756. The van der Waals surface area contributed by atoms with Gasteiger partial charge in [0.05, 0.1) is 18.5 Å². The van der Waals surface area contributed by atoms with E-state index in [9.17, 15) is 0 Å². The molecule has 0 unspecified atom stereocenters. The van der Waals surface area contributed by atoms with E-state index in [1.165, 1.54) is 0 Å². The van der Waals surface area contributed by atoms with Gasteiger partial charge < -0.3 is 10.1 Å². The van der Waals surface area contributed by atoms with Crippen molar-refractivity contribution >= 4 is 11.8 Å². The van der Waals surface area contributed by atoms with Gasteiger partial charge in [0, 0.05) is 12.3 Å². The van der Waals surface area contributed by atoms with Crippen molar-refractivity contribution in [1.29, 1.82) is 0 Å². The summed E-state index contributed by atoms with van der Waals surface area (Å²) in [5.41, 5.74) is 1.03. The second-order valence-corrected chi connectivity index (χ2v) is 4.45. The van der Waals surface area contributed by atoms with Gasteiger partial charge in [-0.1, -0.05) is 6.92 Å². The van der Waals surface area contributed by atoms with E-state index < -0.39 is 0 Å². The quantitative estimate of drug-likeness (QED) is 0.720. The molecule has 0 atom stereocenters. The van der Waals surface area contributed by atoms with Crippen LogP contribution >= 0.6 is 11.8 Å². The predicted molar refractivity (Wildman–Crippen MR) is 65.5 cm³/mol. The molecule has 0 fully saturated rings. The number of hydrogen-bond acceptors (Lipinski definition) is 4. The van der Waals surface area contributed by atoms with Gasteiger partial charge in [0.2, 0.25) is 0 Å². The van der Waals surface area contributed by atoms with E-state index >= 15 is 0 Å². The average molecular weight is 226 g/mol. The van der Waals surface area contributed by atoms with Gasteiger partial charge in [-0.25, -0.2) is 0 Å². The number of hydrogen-bond donors (Lipinski definition) is 1. The van der Waals surface area contributed by atoms with E-state index in [-0.39, 0.29) is 0 Å². The van der Waals surface area contributed by atoms with E-state index in [4.69, 9.17) is 4.74 Å². The Labute approximate surface area is 95.6 Å². The number of aromatic nitrogens is 1. The van der Waals surface area contributed by atoms with E-state index in [1.807, 2.05) is 30.9 Å². The van der Waals surface area contributed by atoms with Crippen LogP contribution in [0.1, 0.15) is 12.6 Å². The van der Waals surface area contributed by atoms with Crippen LogP contribution in [0.15, 0.2) is 18.3 Å². The summed E-state index contributed by atoms with van der Waals surface area (Å²) in [6, 6.07) is 3.95. The molecule has 84 valence electrons. The molecule has 0 aliphatic heterocycles. The van der Waals surface area contributed by atoms with Crippen LogP contribution in [-0.2, 0) is 6.54 Å². The Balaban J connectivity index is 2.29. The van der Waals surface area contributed by atoms with E-state index in [0.29, 0.717) is 0 Å². The van der Waals surface area contributed by atoms with Gasteiger partial charge in [0.1, 0.15) is 5.75 Å². The van der Waals surface area contributed by atoms with E-state index in [0.717, 1.165) is 36.1 Å². The van der Waals surface area contributed by atoms with Crippen molar-refractivity contribution in [1.82, 2.24) is 10.3 Å². The Hall–Kier alpha value is -0.740. The number of pyridine rings is 1. The molecule has 15 heavy (non-hydrogen) atoms. The fourth-order valence-corrected chi connectivity index (χ4v) is 1.63. The third-order valence-corrected chi connectivity index (χ3v) is 2.72. The highest BCUT2D eigenvalue weighted by Gasteiger charge is 1.95. The Kier molecular flexibility index (Phi) is 6.20. The summed E-state index contributed by atoms with van der Waals surface area (Å²) in [4.78, 5) is 4.27. The molecule has 0 saturated carbocycles. The van der Waals surface area contributed by atoms with Crippen LogP contribution in [0, 0.1) is 0 Å². The zero-order chi connectivity index (χ0) is 10.9. The van der Waals surface area contributed by atoms with Crippen molar-refractivity contribution in [2.45, 2.75) is 13.5 Å². The lowest BCUT2D eigenvalue weighted by atomic mass is 10.3. The van der Waals surface area contributed by atoms with Gasteiger partial charge in [-0.05, 0) is 24.9 Å². The van der Waals surface area contributed by atoms with Gasteiger partial charge in [0.25, 0.3) is 0 Å². The molecule has 0 amide bonds. The Bertz CT molecular complexity index is 264. The maximum absolute atomic E-state index is 5.54. The van der Waals surface area contributed by atoms with Crippen molar-refractivity contribution < 1.29 is 4.74 Å². The van der Waals surface area contributed by atoms with Crippen molar-refractivity contribution in [3.63, 3.8) is 0 Å². The lowest BCUT2D eigenvalue weighted by molar-refractivity contribution is 0.342. The summed E-state index contributed by atoms with van der Waals surface area (Å²) in [5.74, 6) is 3.03. The highest BCUT2D eigenvalue weighted by molar-refractivity contribution is 7.99. The molecular formula is C11H18N2OS. The first-order chi connectivity index (χ1) is 7.36. The van der Waals surface area contributed by atoms with Gasteiger partial charge in [-0.15, -0.1) is 0 Å². The molecule has 1 N–H and O–H groups in total. The fraction of sp³-hybridized carbons (Fsp3) is 0.545. The van der Waals surface area contributed by atoms with Crippen LogP contribution in [0.3, 0.4) is 0 Å². The minimum atomic E-state index is 0.756. The maximum atomic E-state index is 5.54. The third-order valence-electron chi connectivity index (χ3n) is 1.86. The first kappa shape index (κ1) is 12.3. The molecule has 0 bridgehead atoms. The van der Waals surface area contributed by atoms with Crippen molar-refractivity contribution in [3.05, 3.63) is 24.0 Å². The normalized spacial score (nSPS) is 10.3. The van der Waals surface area contributed by atoms with Gasteiger partial charge >= 0.3 is 0 Å². The Morgan fingerprint density at radius 1 is 1.47 bits per heavy atom. The van der Waals surface area contributed by atoms with Crippen LogP contribution in [0.4, 0.5) is 0 Å². The summed E-state index contributed by atoms with van der Waals surface area (Å²) in [6.07, 6.45) is 1.78. The van der Waals surface area contributed by atoms with Gasteiger partial charge in [-0.3, -0.25) is 4.98 Å². The highest BCUT2D eigenvalue weighted by atomic mass is 32.2. The summed E-state index contributed by atoms with van der Waals surface area (Å²) in [6.45, 7) is 3.70. The predicted octanol–water partition coefficient (Wildman–Crippen LogP) is 1.93. The maximum Gasteiger partial charge on any atom is 0.137 e. The zero-order valence-electron chi connectivity index (χ0n) is 9.32. The van der Waals surface area contributed by atoms with Crippen LogP contribution in [0.25, 0.3) is 0 Å². The summed E-state index contributed by atoms with van der Waals surface area (Å²) in [5, 5.41) is 3.06. The summed E-state index contributed by atoms with van der Waals surface area (Å²) < 4.78 is 5.54. The lowest BCUT2D eigenvalue weighted by Gasteiger charge is -2.05. The molecular weight excluding hydrogens is 208 g/mol. The summed E-state index contributed by atoms with van der Waals surface area (Å²) >= 11 is 1.88. The van der Waals surface area contributed by atoms with Crippen LogP contribution in [0.2, 0.25) is 0 Å². The molecule has 1 aromatic heterocycles. The van der Waals surface area contributed by atoms with Crippen molar-refractivity contribution in [2.24, 2.45) is 0 Å². The number of ether oxygens (including phenoxy) is 1. The molecule has 0 aliphatic carbocycles. The van der Waals surface area contributed by atoms with Crippen molar-refractivity contribution in [2.75, 3.05) is 25.2 Å². The monoisotopic (exact) mass is 226 g/mol. The smallest absolute Gasteiger partial charge is 0.137 e. The number of rotatable bonds is 7. The molecule has 0 saturated heterocycles. The number of thioether (sulfide) groups is 1. The van der Waals surface area contributed by atoms with Gasteiger partial charge in [-0.2, -0.15) is 11.8 Å². The Morgan fingerprint density at radius 3 is 2.93 bits per heavy atom. The van der Waals surface area contributed by atoms with Gasteiger partial charge in [0.15, 0.2) is 0 Å². The fourth-order valence-electron chi connectivity index (χ4n) is 1.14. The van der Waals surface area contributed by atoms with E-state index in [1.54, 1.807) is 6.20 Å². The summed E-state index contributed by atoms with van der Waals surface area (Å²) in [7, 11) is 1.91. The molecule has 0 spiro atoms. The standard InChI is InChI=1S/C11H18N2OS/c1-3-15-7-6-14-11-5-4-10(8-12-2)13-9-11/h4-5,9,12H,3,6-8H2,1-2H3. The first-order valence-corrected chi connectivity index (χ1v) is 6.32. The Morgan fingerprint density at radius 2 is 2.33 bits per heavy atom.